The number of rotatable bonds is 9. The van der Waals surface area contributed by atoms with E-state index in [1.165, 1.54) is 17.3 Å². The Hall–Kier alpha value is -1.92. The molecular weight excluding hydrogens is 322 g/mol. The van der Waals surface area contributed by atoms with Crippen LogP contribution in [0, 0.1) is 6.92 Å². The predicted molar refractivity (Wildman–Crippen MR) is 97.0 cm³/mol. The Morgan fingerprint density at radius 1 is 1.17 bits per heavy atom. The highest BCUT2D eigenvalue weighted by Crippen LogP contribution is 2.20. The normalized spacial score (nSPS) is 10.6. The summed E-state index contributed by atoms with van der Waals surface area (Å²) in [4.78, 5) is 11.7. The molecule has 6 heteroatoms. The van der Waals surface area contributed by atoms with Crippen molar-refractivity contribution in [1.82, 2.24) is 15.5 Å². The van der Waals surface area contributed by atoms with Gasteiger partial charge in [0.05, 0.1) is 11.4 Å². The maximum Gasteiger partial charge on any atom is 0.230 e. The van der Waals surface area contributed by atoms with Crippen LogP contribution in [0.1, 0.15) is 18.9 Å². The van der Waals surface area contributed by atoms with Gasteiger partial charge < -0.3 is 10.1 Å². The summed E-state index contributed by atoms with van der Waals surface area (Å²) < 4.78 is 5.22. The average molecular weight is 345 g/mol. The first kappa shape index (κ1) is 18.4. The minimum Gasteiger partial charge on any atom is -0.382 e. The van der Waals surface area contributed by atoms with Gasteiger partial charge in [-0.3, -0.25) is 4.79 Å². The number of benzene rings is 1. The Morgan fingerprint density at radius 2 is 1.96 bits per heavy atom. The lowest BCUT2D eigenvalue weighted by molar-refractivity contribution is -0.118. The van der Waals surface area contributed by atoms with Crippen molar-refractivity contribution in [3.8, 4) is 11.3 Å². The smallest absolute Gasteiger partial charge is 0.230 e. The Labute approximate surface area is 147 Å². The van der Waals surface area contributed by atoms with Gasteiger partial charge in [0.2, 0.25) is 5.91 Å². The molecule has 2 rings (SSSR count). The number of hydrogen-bond donors (Lipinski definition) is 1. The number of nitrogens with zero attached hydrogens (tertiary/aromatic N) is 2. The van der Waals surface area contributed by atoms with E-state index in [2.05, 4.69) is 34.6 Å². The van der Waals surface area contributed by atoms with E-state index in [-0.39, 0.29) is 5.91 Å². The molecule has 1 N–H and O–H groups in total. The number of thioether (sulfide) groups is 1. The van der Waals surface area contributed by atoms with Crippen LogP contribution < -0.4 is 5.32 Å². The van der Waals surface area contributed by atoms with Crippen molar-refractivity contribution in [3.05, 3.63) is 42.0 Å². The predicted octanol–water partition coefficient (Wildman–Crippen LogP) is 3.09. The summed E-state index contributed by atoms with van der Waals surface area (Å²) >= 11 is 1.39. The summed E-state index contributed by atoms with van der Waals surface area (Å²) in [6, 6.07) is 12.0. The highest BCUT2D eigenvalue weighted by atomic mass is 32.2. The minimum atomic E-state index is 0.000842. The zero-order chi connectivity index (χ0) is 17.2. The second-order valence-corrected chi connectivity index (χ2v) is 6.31. The molecule has 0 bridgehead atoms. The summed E-state index contributed by atoms with van der Waals surface area (Å²) in [6.07, 6.45) is 0.829. The van der Waals surface area contributed by atoms with Crippen LogP contribution in [0.25, 0.3) is 11.3 Å². The third-order valence-corrected chi connectivity index (χ3v) is 4.25. The second kappa shape index (κ2) is 10.1. The third-order valence-electron chi connectivity index (χ3n) is 3.33. The summed E-state index contributed by atoms with van der Waals surface area (Å²) in [5, 5.41) is 12.0. The van der Waals surface area contributed by atoms with Crippen LogP contribution >= 0.6 is 11.8 Å². The highest BCUT2D eigenvalue weighted by Gasteiger charge is 2.05. The molecule has 5 nitrogen and oxygen atoms in total. The number of nitrogens with one attached hydrogen (secondary N) is 1. The van der Waals surface area contributed by atoms with E-state index in [0.717, 1.165) is 22.7 Å². The van der Waals surface area contributed by atoms with Crippen molar-refractivity contribution >= 4 is 17.7 Å². The Kier molecular flexibility index (Phi) is 7.71. The van der Waals surface area contributed by atoms with Gasteiger partial charge in [-0.1, -0.05) is 41.6 Å². The lowest BCUT2D eigenvalue weighted by Gasteiger charge is -2.05. The number of aryl methyl sites for hydroxylation is 1. The monoisotopic (exact) mass is 345 g/mol. The topological polar surface area (TPSA) is 64.1 Å². The molecule has 0 atom stereocenters. The standard InChI is InChI=1S/C18H23N3O2S/c1-3-23-12-4-11-19-17(22)13-24-18-10-9-16(20-21-18)15-7-5-14(2)6-8-15/h5-10H,3-4,11-13H2,1-2H3,(H,19,22). The number of aromatic nitrogens is 2. The van der Waals surface area contributed by atoms with Gasteiger partial charge in [-0.2, -0.15) is 0 Å². The molecule has 1 heterocycles. The van der Waals surface area contributed by atoms with Crippen LogP contribution in [0.3, 0.4) is 0 Å². The molecule has 1 aromatic heterocycles. The first-order valence-corrected chi connectivity index (χ1v) is 9.05. The molecule has 0 aliphatic heterocycles. The molecule has 0 aliphatic rings. The van der Waals surface area contributed by atoms with Crippen molar-refractivity contribution in [1.29, 1.82) is 0 Å². The number of carbonyl (C=O) groups is 1. The van der Waals surface area contributed by atoms with Gasteiger partial charge in [-0.25, -0.2) is 0 Å². The van der Waals surface area contributed by atoms with Gasteiger partial charge in [0.15, 0.2) is 0 Å². The molecule has 2 aromatic rings. The maximum absolute atomic E-state index is 11.7. The molecule has 0 saturated carbocycles. The molecular formula is C18H23N3O2S. The van der Waals surface area contributed by atoms with Crippen LogP contribution in [0.2, 0.25) is 0 Å². The van der Waals surface area contributed by atoms with Gasteiger partial charge in [0.25, 0.3) is 0 Å². The van der Waals surface area contributed by atoms with E-state index in [1.54, 1.807) is 0 Å². The minimum absolute atomic E-state index is 0.000842. The number of carbonyl (C=O) groups excluding carboxylic acids is 1. The summed E-state index contributed by atoms with van der Waals surface area (Å²) in [5.41, 5.74) is 3.09. The molecule has 0 saturated heterocycles. The van der Waals surface area contributed by atoms with Gasteiger partial charge in [-0.05, 0) is 32.4 Å². The second-order valence-electron chi connectivity index (χ2n) is 5.31. The van der Waals surface area contributed by atoms with E-state index in [1.807, 2.05) is 31.2 Å². The Morgan fingerprint density at radius 3 is 2.62 bits per heavy atom. The molecule has 128 valence electrons. The Balaban J connectivity index is 1.75. The first-order chi connectivity index (χ1) is 11.7. The van der Waals surface area contributed by atoms with Crippen LogP contribution in [0.4, 0.5) is 0 Å². The summed E-state index contributed by atoms with van der Waals surface area (Å²) in [5.74, 6) is 0.341. The van der Waals surface area contributed by atoms with Gasteiger partial charge >= 0.3 is 0 Å². The summed E-state index contributed by atoms with van der Waals surface area (Å²) in [7, 11) is 0. The molecule has 1 amide bonds. The number of ether oxygens (including phenoxy) is 1. The van der Waals surface area contributed by atoms with Crippen LogP contribution in [0.15, 0.2) is 41.4 Å². The molecule has 1 aromatic carbocycles. The number of hydrogen-bond acceptors (Lipinski definition) is 5. The van der Waals surface area contributed by atoms with Crippen LogP contribution in [0.5, 0.6) is 0 Å². The molecule has 0 spiro atoms. The summed E-state index contributed by atoms with van der Waals surface area (Å²) in [6.45, 7) is 6.03. The van der Waals surface area contributed by atoms with Crippen molar-refractivity contribution in [2.75, 3.05) is 25.5 Å². The lowest BCUT2D eigenvalue weighted by atomic mass is 10.1. The van der Waals surface area contributed by atoms with Crippen LogP contribution in [-0.4, -0.2) is 41.6 Å². The van der Waals surface area contributed by atoms with Gasteiger partial charge in [-0.15, -0.1) is 10.2 Å². The van der Waals surface area contributed by atoms with Gasteiger partial charge in [0, 0.05) is 25.3 Å². The SMILES string of the molecule is CCOCCCNC(=O)CSc1ccc(-c2ccc(C)cc2)nn1. The van der Waals surface area contributed by atoms with Gasteiger partial charge in [0.1, 0.15) is 5.03 Å². The molecule has 0 fully saturated rings. The highest BCUT2D eigenvalue weighted by molar-refractivity contribution is 7.99. The number of amides is 1. The Bertz CT molecular complexity index is 630. The van der Waals surface area contributed by atoms with Crippen molar-refractivity contribution in [3.63, 3.8) is 0 Å². The van der Waals surface area contributed by atoms with E-state index in [0.29, 0.717) is 25.5 Å². The van der Waals surface area contributed by atoms with E-state index in [4.69, 9.17) is 4.74 Å². The molecule has 0 aliphatic carbocycles. The largest absolute Gasteiger partial charge is 0.382 e. The van der Waals surface area contributed by atoms with E-state index < -0.39 is 0 Å². The fourth-order valence-electron chi connectivity index (χ4n) is 2.01. The zero-order valence-electron chi connectivity index (χ0n) is 14.1. The van der Waals surface area contributed by atoms with Crippen molar-refractivity contribution in [2.45, 2.75) is 25.3 Å². The molecule has 0 radical (unpaired) electrons. The fourth-order valence-corrected chi connectivity index (χ4v) is 2.66. The first-order valence-electron chi connectivity index (χ1n) is 8.07. The zero-order valence-corrected chi connectivity index (χ0v) is 14.9. The average Bonchev–Trinajstić information content (AvgIpc) is 2.61. The molecule has 24 heavy (non-hydrogen) atoms. The van der Waals surface area contributed by atoms with E-state index >= 15 is 0 Å². The molecule has 0 unspecified atom stereocenters. The fraction of sp³-hybridized carbons (Fsp3) is 0.389. The lowest BCUT2D eigenvalue weighted by Crippen LogP contribution is -2.26. The van der Waals surface area contributed by atoms with E-state index in [9.17, 15) is 4.79 Å². The van der Waals surface area contributed by atoms with Crippen molar-refractivity contribution < 1.29 is 9.53 Å². The van der Waals surface area contributed by atoms with Crippen molar-refractivity contribution in [2.24, 2.45) is 0 Å². The third kappa shape index (κ3) is 6.29. The van der Waals surface area contributed by atoms with Crippen LogP contribution in [-0.2, 0) is 9.53 Å². The quantitative estimate of drug-likeness (QED) is 0.559. The maximum atomic E-state index is 11.7.